The number of nitrogens with zero attached hydrogens (tertiary/aromatic N) is 1. The molecule has 3 N–H and O–H groups in total. The normalized spacial score (nSPS) is 27.9. The van der Waals surface area contributed by atoms with Crippen molar-refractivity contribution in [3.63, 3.8) is 0 Å². The van der Waals surface area contributed by atoms with E-state index in [1.54, 1.807) is 7.05 Å². The van der Waals surface area contributed by atoms with Gasteiger partial charge in [-0.2, -0.15) is 0 Å². The fraction of sp³-hybridized carbons (Fsp3) is 1.00. The summed E-state index contributed by atoms with van der Waals surface area (Å²) < 4.78 is 26.4. The molecule has 0 saturated carbocycles. The van der Waals surface area contributed by atoms with Gasteiger partial charge >= 0.3 is 0 Å². The molecule has 3 nitrogen and oxygen atoms in total. The highest BCUT2D eigenvalue weighted by atomic mass is 19.3. The van der Waals surface area contributed by atoms with Gasteiger partial charge in [0.25, 0.3) is 5.92 Å². The summed E-state index contributed by atoms with van der Waals surface area (Å²) in [6.45, 7) is 1.34. The first-order chi connectivity index (χ1) is 6.02. The minimum absolute atomic E-state index is 0.0497. The van der Waals surface area contributed by atoms with Crippen LogP contribution in [0.1, 0.15) is 12.8 Å². The average Bonchev–Trinajstić information content (AvgIpc) is 2.01. The Bertz CT molecular complexity index is 161. The molecule has 0 radical (unpaired) electrons. The van der Waals surface area contributed by atoms with Crippen LogP contribution in [-0.2, 0) is 0 Å². The zero-order chi connectivity index (χ0) is 9.90. The van der Waals surface area contributed by atoms with Gasteiger partial charge < -0.3 is 5.32 Å². The summed E-state index contributed by atoms with van der Waals surface area (Å²) in [5, 5.41) is 4.42. The predicted molar refractivity (Wildman–Crippen MR) is 47.4 cm³/mol. The first-order valence-corrected chi connectivity index (χ1v) is 4.57. The average molecular weight is 193 g/mol. The van der Waals surface area contributed by atoms with Crippen molar-refractivity contribution >= 4 is 0 Å². The molecule has 1 aliphatic rings. The van der Waals surface area contributed by atoms with E-state index in [1.807, 2.05) is 0 Å². The molecule has 0 aromatic rings. The molecule has 0 bridgehead atoms. The summed E-state index contributed by atoms with van der Waals surface area (Å²) in [5.41, 5.74) is 0. The van der Waals surface area contributed by atoms with Crippen molar-refractivity contribution in [1.29, 1.82) is 0 Å². The van der Waals surface area contributed by atoms with E-state index in [0.29, 0.717) is 26.1 Å². The minimum atomic E-state index is -2.51. The van der Waals surface area contributed by atoms with Crippen LogP contribution < -0.4 is 11.2 Å². The summed E-state index contributed by atoms with van der Waals surface area (Å²) in [5.74, 6) is 2.29. The quantitative estimate of drug-likeness (QED) is 0.504. The fourth-order valence-corrected chi connectivity index (χ4v) is 1.56. The number of nitrogens with one attached hydrogen (secondary N) is 1. The van der Waals surface area contributed by atoms with Crippen molar-refractivity contribution in [3.05, 3.63) is 0 Å². The molecule has 0 aliphatic carbocycles. The summed E-state index contributed by atoms with van der Waals surface area (Å²) in [6.07, 6.45) is 0.402. The Labute approximate surface area is 77.2 Å². The molecular weight excluding hydrogens is 176 g/mol. The molecule has 78 valence electrons. The molecule has 1 heterocycles. The number of halogens is 2. The molecule has 0 spiro atoms. The van der Waals surface area contributed by atoms with E-state index in [4.69, 9.17) is 5.84 Å². The van der Waals surface area contributed by atoms with E-state index in [9.17, 15) is 8.78 Å². The van der Waals surface area contributed by atoms with E-state index < -0.39 is 11.8 Å². The second-order valence-corrected chi connectivity index (χ2v) is 3.68. The van der Waals surface area contributed by atoms with E-state index in [-0.39, 0.29) is 6.42 Å². The Morgan fingerprint density at radius 2 is 2.31 bits per heavy atom. The standard InChI is InChI=1S/C8H17F2N3/c1-13(11)5-2-7-6-12-4-3-8(7,9)10/h7,12H,2-6,11H2,1H3. The molecule has 0 amide bonds. The number of piperidine rings is 1. The van der Waals surface area contributed by atoms with Crippen LogP contribution in [0.15, 0.2) is 0 Å². The molecule has 0 aromatic carbocycles. The van der Waals surface area contributed by atoms with Crippen molar-refractivity contribution in [2.45, 2.75) is 18.8 Å². The largest absolute Gasteiger partial charge is 0.316 e. The van der Waals surface area contributed by atoms with Gasteiger partial charge in [0.15, 0.2) is 0 Å². The van der Waals surface area contributed by atoms with Crippen molar-refractivity contribution in [2.24, 2.45) is 11.8 Å². The Hall–Kier alpha value is -0.260. The van der Waals surface area contributed by atoms with E-state index in [0.717, 1.165) is 0 Å². The van der Waals surface area contributed by atoms with Gasteiger partial charge in [0, 0.05) is 39.0 Å². The summed E-state index contributed by atoms with van der Waals surface area (Å²) in [7, 11) is 1.69. The maximum absolute atomic E-state index is 13.2. The van der Waals surface area contributed by atoms with Crippen LogP contribution >= 0.6 is 0 Å². The van der Waals surface area contributed by atoms with E-state index >= 15 is 0 Å². The molecule has 1 saturated heterocycles. The highest BCUT2D eigenvalue weighted by Gasteiger charge is 2.40. The van der Waals surface area contributed by atoms with Gasteiger partial charge in [-0.1, -0.05) is 0 Å². The Balaban J connectivity index is 2.37. The van der Waals surface area contributed by atoms with Crippen LogP contribution in [0.2, 0.25) is 0 Å². The summed E-state index contributed by atoms with van der Waals surface area (Å²) in [6, 6.07) is 0. The number of rotatable bonds is 3. The van der Waals surface area contributed by atoms with Gasteiger partial charge in [-0.25, -0.2) is 8.78 Å². The van der Waals surface area contributed by atoms with Gasteiger partial charge in [0.05, 0.1) is 0 Å². The Morgan fingerprint density at radius 3 is 2.85 bits per heavy atom. The lowest BCUT2D eigenvalue weighted by atomic mass is 9.92. The van der Waals surface area contributed by atoms with Crippen LogP contribution in [0, 0.1) is 5.92 Å². The lowest BCUT2D eigenvalue weighted by molar-refractivity contribution is -0.0822. The third-order valence-corrected chi connectivity index (χ3v) is 2.45. The molecule has 1 unspecified atom stereocenters. The highest BCUT2D eigenvalue weighted by molar-refractivity contribution is 4.84. The van der Waals surface area contributed by atoms with Crippen molar-refractivity contribution in [3.8, 4) is 0 Å². The van der Waals surface area contributed by atoms with Gasteiger partial charge in [0.2, 0.25) is 0 Å². The van der Waals surface area contributed by atoms with Gasteiger partial charge in [-0.05, 0) is 6.42 Å². The zero-order valence-electron chi connectivity index (χ0n) is 7.89. The lowest BCUT2D eigenvalue weighted by Crippen LogP contribution is -2.46. The van der Waals surface area contributed by atoms with Crippen molar-refractivity contribution < 1.29 is 8.78 Å². The van der Waals surface area contributed by atoms with E-state index in [2.05, 4.69) is 5.32 Å². The zero-order valence-corrected chi connectivity index (χ0v) is 7.89. The predicted octanol–water partition coefficient (Wildman–Crippen LogP) is 0.427. The van der Waals surface area contributed by atoms with Gasteiger partial charge in [-0.15, -0.1) is 0 Å². The third kappa shape index (κ3) is 3.17. The molecular formula is C8H17F2N3. The second-order valence-electron chi connectivity index (χ2n) is 3.68. The first kappa shape index (κ1) is 10.8. The number of hydrogen-bond acceptors (Lipinski definition) is 3. The highest BCUT2D eigenvalue weighted by Crippen LogP contribution is 2.32. The minimum Gasteiger partial charge on any atom is -0.316 e. The number of hydrazine groups is 1. The van der Waals surface area contributed by atoms with Crippen LogP contribution in [-0.4, -0.2) is 37.6 Å². The van der Waals surface area contributed by atoms with Gasteiger partial charge in [0.1, 0.15) is 0 Å². The number of nitrogens with two attached hydrogens (primary N) is 1. The topological polar surface area (TPSA) is 41.3 Å². The molecule has 1 aliphatic heterocycles. The molecule has 13 heavy (non-hydrogen) atoms. The number of hydrogen-bond donors (Lipinski definition) is 2. The van der Waals surface area contributed by atoms with Gasteiger partial charge in [-0.3, -0.25) is 10.9 Å². The summed E-state index contributed by atoms with van der Waals surface area (Å²) >= 11 is 0. The van der Waals surface area contributed by atoms with E-state index in [1.165, 1.54) is 5.01 Å². The monoisotopic (exact) mass is 193 g/mol. The Kier molecular flexibility index (Phi) is 3.58. The van der Waals surface area contributed by atoms with Crippen LogP contribution in [0.4, 0.5) is 8.78 Å². The first-order valence-electron chi connectivity index (χ1n) is 4.57. The van der Waals surface area contributed by atoms with Crippen LogP contribution in [0.25, 0.3) is 0 Å². The maximum Gasteiger partial charge on any atom is 0.253 e. The molecule has 0 aromatic heterocycles. The van der Waals surface area contributed by atoms with Crippen LogP contribution in [0.3, 0.4) is 0 Å². The molecule has 1 fully saturated rings. The molecule has 1 rings (SSSR count). The Morgan fingerprint density at radius 1 is 1.62 bits per heavy atom. The second kappa shape index (κ2) is 4.30. The third-order valence-electron chi connectivity index (χ3n) is 2.45. The van der Waals surface area contributed by atoms with Crippen LogP contribution in [0.5, 0.6) is 0 Å². The SMILES string of the molecule is CN(N)CCC1CNCCC1(F)F. The molecule has 1 atom stereocenters. The summed E-state index contributed by atoms with van der Waals surface area (Å²) in [4.78, 5) is 0. The fourth-order valence-electron chi connectivity index (χ4n) is 1.56. The molecule has 5 heteroatoms. The number of alkyl halides is 2. The maximum atomic E-state index is 13.2. The van der Waals surface area contributed by atoms with Crippen molar-refractivity contribution in [1.82, 2.24) is 10.3 Å². The smallest absolute Gasteiger partial charge is 0.253 e. The lowest BCUT2D eigenvalue weighted by Gasteiger charge is -2.32. The van der Waals surface area contributed by atoms with Crippen molar-refractivity contribution in [2.75, 3.05) is 26.7 Å².